The fraction of sp³-hybridized carbons (Fsp3) is 0.889. The summed E-state index contributed by atoms with van der Waals surface area (Å²) in [5, 5.41) is 0. The molecule has 3 heterocycles. The summed E-state index contributed by atoms with van der Waals surface area (Å²) in [5.41, 5.74) is 0. The maximum atomic E-state index is 12.7. The third-order valence-corrected chi connectivity index (χ3v) is 5.74. The van der Waals surface area contributed by atoms with Gasteiger partial charge in [0.2, 0.25) is 11.8 Å². The summed E-state index contributed by atoms with van der Waals surface area (Å²) in [6, 6.07) is 0. The summed E-state index contributed by atoms with van der Waals surface area (Å²) in [7, 11) is 1.80. The molecule has 0 N–H and O–H groups in total. The Labute approximate surface area is 140 Å². The smallest absolute Gasteiger partial charge is 0.228 e. The molecule has 0 aromatic carbocycles. The zero-order valence-electron chi connectivity index (χ0n) is 14.5. The minimum absolute atomic E-state index is 0.107. The Morgan fingerprint density at radius 3 is 2.43 bits per heavy atom. The molecule has 2 amide bonds. The number of hydrogen-bond donors (Lipinski definition) is 0. The van der Waals surface area contributed by atoms with Gasteiger partial charge < -0.3 is 14.7 Å². The summed E-state index contributed by atoms with van der Waals surface area (Å²) >= 11 is 0. The molecule has 3 rings (SSSR count). The van der Waals surface area contributed by atoms with E-state index in [4.69, 9.17) is 0 Å². The van der Waals surface area contributed by atoms with Gasteiger partial charge in [-0.25, -0.2) is 0 Å². The molecule has 3 aliphatic heterocycles. The highest BCUT2D eigenvalue weighted by atomic mass is 16.2. The Hall–Kier alpha value is -1.10. The molecular weight excluding hydrogens is 290 g/mol. The van der Waals surface area contributed by atoms with Gasteiger partial charge >= 0.3 is 0 Å². The number of carbonyl (C=O) groups excluding carboxylic acids is 2. The zero-order chi connectivity index (χ0) is 16.2. The summed E-state index contributed by atoms with van der Waals surface area (Å²) in [6.45, 7) is 5.98. The molecule has 2 unspecified atom stereocenters. The summed E-state index contributed by atoms with van der Waals surface area (Å²) in [5.74, 6) is 0.829. The van der Waals surface area contributed by atoms with E-state index in [1.165, 1.54) is 45.2 Å². The average molecular weight is 321 g/mol. The van der Waals surface area contributed by atoms with Gasteiger partial charge in [-0.05, 0) is 44.7 Å². The zero-order valence-corrected chi connectivity index (χ0v) is 14.5. The van der Waals surface area contributed by atoms with Crippen LogP contribution in [0.2, 0.25) is 0 Å². The number of amides is 2. The van der Waals surface area contributed by atoms with Crippen LogP contribution in [0.5, 0.6) is 0 Å². The number of likely N-dealkylation sites (tertiary alicyclic amines) is 3. The van der Waals surface area contributed by atoms with Crippen LogP contribution in [0.4, 0.5) is 0 Å². The Bertz CT molecular complexity index is 432. The van der Waals surface area contributed by atoms with E-state index < -0.39 is 0 Å². The predicted octanol–water partition coefficient (Wildman–Crippen LogP) is 1.58. The number of hydrogen-bond acceptors (Lipinski definition) is 3. The first kappa shape index (κ1) is 16.7. The molecular formula is C18H31N3O2. The molecule has 0 bridgehead atoms. The van der Waals surface area contributed by atoms with Crippen molar-refractivity contribution in [2.24, 2.45) is 11.8 Å². The molecule has 5 heteroatoms. The molecule has 130 valence electrons. The second-order valence-electron chi connectivity index (χ2n) is 7.68. The normalized spacial score (nSPS) is 30.6. The van der Waals surface area contributed by atoms with Gasteiger partial charge in [0.15, 0.2) is 0 Å². The fourth-order valence-electron chi connectivity index (χ4n) is 4.39. The van der Waals surface area contributed by atoms with Crippen LogP contribution >= 0.6 is 0 Å². The molecule has 3 saturated heterocycles. The van der Waals surface area contributed by atoms with Crippen molar-refractivity contribution in [3.8, 4) is 0 Å². The van der Waals surface area contributed by atoms with Crippen LogP contribution < -0.4 is 0 Å². The molecule has 0 aromatic rings. The minimum Gasteiger partial charge on any atom is -0.345 e. The Morgan fingerprint density at radius 1 is 1.04 bits per heavy atom. The molecule has 0 saturated carbocycles. The molecule has 23 heavy (non-hydrogen) atoms. The van der Waals surface area contributed by atoms with E-state index in [1.54, 1.807) is 11.9 Å². The Balaban J connectivity index is 1.51. The number of nitrogens with zero attached hydrogens (tertiary/aromatic N) is 3. The molecule has 3 fully saturated rings. The molecule has 5 nitrogen and oxygen atoms in total. The van der Waals surface area contributed by atoms with E-state index in [2.05, 4.69) is 4.90 Å². The minimum atomic E-state index is -0.107. The first-order valence-electron chi connectivity index (χ1n) is 9.38. The van der Waals surface area contributed by atoms with Crippen LogP contribution in [-0.4, -0.2) is 72.8 Å². The van der Waals surface area contributed by atoms with Gasteiger partial charge in [0.25, 0.3) is 0 Å². The third-order valence-electron chi connectivity index (χ3n) is 5.74. The lowest BCUT2D eigenvalue weighted by Gasteiger charge is -2.36. The number of piperidine rings is 1. The number of rotatable bonds is 3. The van der Waals surface area contributed by atoms with E-state index in [0.29, 0.717) is 18.9 Å². The largest absolute Gasteiger partial charge is 0.345 e. The van der Waals surface area contributed by atoms with Crippen LogP contribution in [-0.2, 0) is 9.59 Å². The van der Waals surface area contributed by atoms with Crippen molar-refractivity contribution >= 4 is 11.8 Å². The summed E-state index contributed by atoms with van der Waals surface area (Å²) < 4.78 is 0. The van der Waals surface area contributed by atoms with Gasteiger partial charge in [0, 0.05) is 39.6 Å². The van der Waals surface area contributed by atoms with E-state index in [-0.39, 0.29) is 17.7 Å². The van der Waals surface area contributed by atoms with Crippen molar-refractivity contribution < 1.29 is 9.59 Å². The molecule has 0 radical (unpaired) electrons. The van der Waals surface area contributed by atoms with Gasteiger partial charge in [0.1, 0.15) is 0 Å². The first-order valence-corrected chi connectivity index (χ1v) is 9.38. The van der Waals surface area contributed by atoms with Crippen LogP contribution in [0.15, 0.2) is 0 Å². The van der Waals surface area contributed by atoms with Gasteiger partial charge in [-0.2, -0.15) is 0 Å². The highest BCUT2D eigenvalue weighted by molar-refractivity contribution is 5.89. The van der Waals surface area contributed by atoms with Crippen LogP contribution in [0, 0.1) is 11.8 Å². The summed E-state index contributed by atoms with van der Waals surface area (Å²) in [4.78, 5) is 30.7. The first-order chi connectivity index (χ1) is 11.1. The second kappa shape index (κ2) is 7.65. The van der Waals surface area contributed by atoms with Gasteiger partial charge in [-0.3, -0.25) is 9.59 Å². The molecule has 0 aromatic heterocycles. The van der Waals surface area contributed by atoms with E-state index in [0.717, 1.165) is 26.1 Å². The SMILES string of the molecule is CN1CC(C(=O)N2CCCC(CN3CCCCCC3)C2)CC1=O. The van der Waals surface area contributed by atoms with Crippen molar-refractivity contribution in [3.63, 3.8) is 0 Å². The molecule has 3 aliphatic rings. The molecule has 0 aliphatic carbocycles. The van der Waals surface area contributed by atoms with Crippen molar-refractivity contribution in [2.75, 3.05) is 46.3 Å². The highest BCUT2D eigenvalue weighted by Gasteiger charge is 2.36. The third kappa shape index (κ3) is 4.25. The average Bonchev–Trinajstić information content (AvgIpc) is 2.75. The predicted molar refractivity (Wildman–Crippen MR) is 90.0 cm³/mol. The van der Waals surface area contributed by atoms with Crippen LogP contribution in [0.3, 0.4) is 0 Å². The Kier molecular flexibility index (Phi) is 5.57. The fourth-order valence-corrected chi connectivity index (χ4v) is 4.39. The standard InChI is InChI=1S/C18H31N3O2/c1-19-14-16(11-17(19)22)18(23)21-10-6-7-15(13-21)12-20-8-4-2-3-5-9-20/h15-16H,2-14H2,1H3. The van der Waals surface area contributed by atoms with E-state index in [1.807, 2.05) is 4.90 Å². The van der Waals surface area contributed by atoms with Gasteiger partial charge in [0.05, 0.1) is 5.92 Å². The van der Waals surface area contributed by atoms with Gasteiger partial charge in [-0.1, -0.05) is 12.8 Å². The lowest BCUT2D eigenvalue weighted by Crippen LogP contribution is -2.46. The van der Waals surface area contributed by atoms with Crippen LogP contribution in [0.1, 0.15) is 44.9 Å². The van der Waals surface area contributed by atoms with Crippen molar-refractivity contribution in [1.29, 1.82) is 0 Å². The lowest BCUT2D eigenvalue weighted by atomic mass is 9.95. The van der Waals surface area contributed by atoms with Crippen molar-refractivity contribution in [1.82, 2.24) is 14.7 Å². The molecule has 2 atom stereocenters. The Morgan fingerprint density at radius 2 is 1.78 bits per heavy atom. The van der Waals surface area contributed by atoms with E-state index >= 15 is 0 Å². The topological polar surface area (TPSA) is 43.9 Å². The monoisotopic (exact) mass is 321 g/mol. The van der Waals surface area contributed by atoms with Gasteiger partial charge in [-0.15, -0.1) is 0 Å². The highest BCUT2D eigenvalue weighted by Crippen LogP contribution is 2.24. The van der Waals surface area contributed by atoms with Crippen molar-refractivity contribution in [2.45, 2.75) is 44.9 Å². The number of carbonyl (C=O) groups is 2. The second-order valence-corrected chi connectivity index (χ2v) is 7.68. The summed E-state index contributed by atoms with van der Waals surface area (Å²) in [6.07, 6.45) is 8.15. The molecule has 0 spiro atoms. The maximum absolute atomic E-state index is 12.7. The quantitative estimate of drug-likeness (QED) is 0.793. The van der Waals surface area contributed by atoms with Crippen molar-refractivity contribution in [3.05, 3.63) is 0 Å². The van der Waals surface area contributed by atoms with E-state index in [9.17, 15) is 9.59 Å². The maximum Gasteiger partial charge on any atom is 0.228 e. The lowest BCUT2D eigenvalue weighted by molar-refractivity contribution is -0.137. The van der Waals surface area contributed by atoms with Crippen LogP contribution in [0.25, 0.3) is 0 Å².